The van der Waals surface area contributed by atoms with Crippen molar-refractivity contribution >= 4 is 23.2 Å². The van der Waals surface area contributed by atoms with Crippen molar-refractivity contribution in [3.8, 4) is 22.8 Å². The Morgan fingerprint density at radius 3 is 2.47 bits per heavy atom. The van der Waals surface area contributed by atoms with Crippen LogP contribution in [0, 0.1) is 6.92 Å². The van der Waals surface area contributed by atoms with Crippen LogP contribution in [0.5, 0.6) is 11.5 Å². The third-order valence-corrected chi connectivity index (χ3v) is 5.97. The number of nitrogens with one attached hydrogen (secondary N) is 1. The van der Waals surface area contributed by atoms with Gasteiger partial charge >= 0.3 is 0 Å². The number of methoxy groups -OCH3 is 1. The second-order valence-corrected chi connectivity index (χ2v) is 8.15. The summed E-state index contributed by atoms with van der Waals surface area (Å²) in [6, 6.07) is 19.8. The fourth-order valence-corrected chi connectivity index (χ4v) is 4.25. The highest BCUT2D eigenvalue weighted by atomic mass is 35.5. The SMILES string of the molecule is COc1cc(C2c3c(-c4ccc(C)cc4)n[nH]c3C(=O)N2c2ccc(Cl)cc2)ccc1O. The average Bonchev–Trinajstić information content (AvgIpc) is 3.35. The quantitative estimate of drug-likeness (QED) is 0.434. The van der Waals surface area contributed by atoms with Crippen molar-refractivity contribution < 1.29 is 14.6 Å². The maximum atomic E-state index is 13.5. The van der Waals surface area contributed by atoms with E-state index in [9.17, 15) is 9.90 Å². The summed E-state index contributed by atoms with van der Waals surface area (Å²) in [7, 11) is 1.50. The molecule has 3 aromatic carbocycles. The molecule has 2 heterocycles. The summed E-state index contributed by atoms with van der Waals surface area (Å²) < 4.78 is 5.33. The molecule has 7 heteroatoms. The standard InChI is InChI=1S/C25H20ClN3O3/c1-14-3-5-15(6-4-14)22-21-23(28-27-22)25(31)29(18-10-8-17(26)9-11-18)24(21)16-7-12-19(30)20(13-16)32-2/h3-13,24,30H,1-2H3,(H,27,28). The van der Waals surface area contributed by atoms with E-state index >= 15 is 0 Å². The first-order chi connectivity index (χ1) is 15.5. The monoisotopic (exact) mass is 445 g/mol. The van der Waals surface area contributed by atoms with E-state index in [1.165, 1.54) is 7.11 Å². The van der Waals surface area contributed by atoms with Crippen LogP contribution < -0.4 is 9.64 Å². The molecule has 0 radical (unpaired) electrons. The number of phenols is 1. The van der Waals surface area contributed by atoms with Crippen LogP contribution in [-0.2, 0) is 0 Å². The highest BCUT2D eigenvalue weighted by Crippen LogP contribution is 2.46. The van der Waals surface area contributed by atoms with Crippen LogP contribution >= 0.6 is 11.6 Å². The summed E-state index contributed by atoms with van der Waals surface area (Å²) in [6.07, 6.45) is 0. The fraction of sp³-hybridized carbons (Fsp3) is 0.120. The number of fused-ring (bicyclic) bond motifs is 1. The van der Waals surface area contributed by atoms with Gasteiger partial charge in [0.05, 0.1) is 18.8 Å². The molecule has 0 spiro atoms. The van der Waals surface area contributed by atoms with E-state index < -0.39 is 6.04 Å². The predicted molar refractivity (Wildman–Crippen MR) is 124 cm³/mol. The van der Waals surface area contributed by atoms with Gasteiger partial charge in [0, 0.05) is 21.8 Å². The minimum absolute atomic E-state index is 0.0322. The molecular weight excluding hydrogens is 426 g/mol. The number of aromatic nitrogens is 2. The number of aryl methyl sites for hydroxylation is 1. The number of benzene rings is 3. The van der Waals surface area contributed by atoms with E-state index in [0.717, 1.165) is 22.3 Å². The molecule has 0 saturated carbocycles. The summed E-state index contributed by atoms with van der Waals surface area (Å²) in [4.78, 5) is 15.2. The molecule has 0 fully saturated rings. The number of phenolic OH excluding ortho intramolecular Hbond substituents is 1. The molecule has 1 aromatic heterocycles. The van der Waals surface area contributed by atoms with Gasteiger partial charge in [0.1, 0.15) is 5.69 Å². The molecule has 4 aromatic rings. The van der Waals surface area contributed by atoms with Gasteiger partial charge in [-0.25, -0.2) is 0 Å². The third kappa shape index (κ3) is 3.20. The van der Waals surface area contributed by atoms with Crippen LogP contribution in [0.4, 0.5) is 5.69 Å². The zero-order chi connectivity index (χ0) is 22.4. The first-order valence-corrected chi connectivity index (χ1v) is 10.5. The molecule has 1 aliphatic heterocycles. The molecule has 32 heavy (non-hydrogen) atoms. The molecule has 0 aliphatic carbocycles. The summed E-state index contributed by atoms with van der Waals surface area (Å²) in [6.45, 7) is 2.02. The fourth-order valence-electron chi connectivity index (χ4n) is 4.13. The van der Waals surface area contributed by atoms with Crippen molar-refractivity contribution in [2.45, 2.75) is 13.0 Å². The minimum atomic E-state index is -0.469. The number of aromatic amines is 1. The first-order valence-electron chi connectivity index (χ1n) is 10.1. The van der Waals surface area contributed by atoms with E-state index in [-0.39, 0.29) is 11.7 Å². The second kappa shape index (κ2) is 7.73. The Morgan fingerprint density at radius 1 is 1.06 bits per heavy atom. The Hall–Kier alpha value is -3.77. The third-order valence-electron chi connectivity index (χ3n) is 5.72. The molecule has 1 amide bonds. The Morgan fingerprint density at radius 2 is 1.78 bits per heavy atom. The molecule has 1 unspecified atom stereocenters. The normalized spacial score (nSPS) is 15.2. The summed E-state index contributed by atoms with van der Waals surface area (Å²) in [5, 5.41) is 18.1. The number of anilines is 1. The lowest BCUT2D eigenvalue weighted by molar-refractivity contribution is 0.0988. The molecule has 1 aliphatic rings. The van der Waals surface area contributed by atoms with E-state index in [2.05, 4.69) is 10.2 Å². The first kappa shape index (κ1) is 20.2. The Labute approximate surface area is 190 Å². The average molecular weight is 446 g/mol. The highest BCUT2D eigenvalue weighted by molar-refractivity contribution is 6.30. The zero-order valence-electron chi connectivity index (χ0n) is 17.5. The topological polar surface area (TPSA) is 78.5 Å². The maximum absolute atomic E-state index is 13.5. The largest absolute Gasteiger partial charge is 0.504 e. The van der Waals surface area contributed by atoms with Gasteiger partial charge in [-0.2, -0.15) is 5.10 Å². The number of hydrogen-bond acceptors (Lipinski definition) is 4. The number of amides is 1. The molecule has 6 nitrogen and oxygen atoms in total. The van der Waals surface area contributed by atoms with E-state index in [4.69, 9.17) is 16.3 Å². The molecule has 2 N–H and O–H groups in total. The number of H-pyrrole nitrogens is 1. The number of ether oxygens (including phenoxy) is 1. The van der Waals surface area contributed by atoms with Crippen LogP contribution in [0.15, 0.2) is 66.7 Å². The molecule has 160 valence electrons. The van der Waals surface area contributed by atoms with Crippen LogP contribution in [0.3, 0.4) is 0 Å². The van der Waals surface area contributed by atoms with Gasteiger partial charge in [-0.15, -0.1) is 0 Å². The number of hydrogen-bond donors (Lipinski definition) is 2. The molecule has 1 atom stereocenters. The zero-order valence-corrected chi connectivity index (χ0v) is 18.2. The van der Waals surface area contributed by atoms with Gasteiger partial charge in [-0.3, -0.25) is 14.8 Å². The van der Waals surface area contributed by atoms with Crippen LogP contribution in [0.1, 0.15) is 33.2 Å². The van der Waals surface area contributed by atoms with Gasteiger partial charge in [0.15, 0.2) is 11.5 Å². The Balaban J connectivity index is 1.73. The van der Waals surface area contributed by atoms with Gasteiger partial charge < -0.3 is 9.84 Å². The number of carbonyl (C=O) groups is 1. The maximum Gasteiger partial charge on any atom is 0.277 e. The highest BCUT2D eigenvalue weighted by Gasteiger charge is 2.43. The van der Waals surface area contributed by atoms with Crippen molar-refractivity contribution in [2.75, 3.05) is 12.0 Å². The second-order valence-electron chi connectivity index (χ2n) is 7.71. The molecule has 0 saturated heterocycles. The van der Waals surface area contributed by atoms with Crippen molar-refractivity contribution in [3.63, 3.8) is 0 Å². The van der Waals surface area contributed by atoms with Crippen molar-refractivity contribution in [1.82, 2.24) is 10.2 Å². The Kier molecular flexibility index (Phi) is 4.87. The van der Waals surface area contributed by atoms with E-state index in [0.29, 0.717) is 27.8 Å². The van der Waals surface area contributed by atoms with Crippen molar-refractivity contribution in [2.24, 2.45) is 0 Å². The summed E-state index contributed by atoms with van der Waals surface area (Å²) in [5.74, 6) is 0.176. The Bertz CT molecular complexity index is 1310. The lowest BCUT2D eigenvalue weighted by Crippen LogP contribution is -2.29. The minimum Gasteiger partial charge on any atom is -0.504 e. The number of rotatable bonds is 4. The molecular formula is C25H20ClN3O3. The van der Waals surface area contributed by atoms with Crippen LogP contribution in [0.25, 0.3) is 11.3 Å². The number of carbonyl (C=O) groups excluding carboxylic acids is 1. The number of aromatic hydroxyl groups is 1. The lowest BCUT2D eigenvalue weighted by Gasteiger charge is -2.27. The smallest absolute Gasteiger partial charge is 0.277 e. The number of nitrogens with zero attached hydrogens (tertiary/aromatic N) is 2. The molecule has 0 bridgehead atoms. The van der Waals surface area contributed by atoms with E-state index in [1.54, 1.807) is 35.2 Å². The van der Waals surface area contributed by atoms with Crippen molar-refractivity contribution in [1.29, 1.82) is 0 Å². The van der Waals surface area contributed by atoms with Crippen LogP contribution in [-0.4, -0.2) is 28.3 Å². The summed E-state index contributed by atoms with van der Waals surface area (Å²) in [5.41, 5.74) is 5.47. The van der Waals surface area contributed by atoms with Gasteiger partial charge in [-0.05, 0) is 48.9 Å². The van der Waals surface area contributed by atoms with Crippen molar-refractivity contribution in [3.05, 3.63) is 94.1 Å². The van der Waals surface area contributed by atoms with Crippen LogP contribution in [0.2, 0.25) is 5.02 Å². The predicted octanol–water partition coefficient (Wildman–Crippen LogP) is 5.50. The van der Waals surface area contributed by atoms with E-state index in [1.807, 2.05) is 43.3 Å². The van der Waals surface area contributed by atoms with Gasteiger partial charge in [0.25, 0.3) is 5.91 Å². The molecule has 5 rings (SSSR count). The van der Waals surface area contributed by atoms with Gasteiger partial charge in [0.2, 0.25) is 0 Å². The summed E-state index contributed by atoms with van der Waals surface area (Å²) >= 11 is 6.09. The number of halogens is 1. The van der Waals surface area contributed by atoms with Gasteiger partial charge in [-0.1, -0.05) is 47.5 Å². The lowest BCUT2D eigenvalue weighted by atomic mass is 9.95.